The lowest BCUT2D eigenvalue weighted by atomic mass is 10.0. The van der Waals surface area contributed by atoms with Crippen LogP contribution in [0.3, 0.4) is 0 Å². The minimum atomic E-state index is 0.00448. The smallest absolute Gasteiger partial charge is 0.224 e. The highest BCUT2D eigenvalue weighted by atomic mass is 32.1. The van der Waals surface area contributed by atoms with E-state index in [4.69, 9.17) is 14.1 Å². The highest BCUT2D eigenvalue weighted by molar-refractivity contribution is 7.11. The third kappa shape index (κ3) is 3.60. The van der Waals surface area contributed by atoms with Crippen molar-refractivity contribution >= 4 is 28.2 Å². The molecule has 26 heavy (non-hydrogen) atoms. The van der Waals surface area contributed by atoms with Gasteiger partial charge in [0.15, 0.2) is 0 Å². The van der Waals surface area contributed by atoms with Crippen molar-refractivity contribution in [3.63, 3.8) is 0 Å². The standard InChI is InChI=1S/C20H22N2O3S/c1-24-14-6-7-15-13(12-25-17(15)11-14)10-19(23)21-9-8-20-22-16-4-2-3-5-18(16)26-20/h6-7,11-12H,2-5,8-10H2,1H3,(H,21,23). The fourth-order valence-electron chi connectivity index (χ4n) is 3.38. The second kappa shape index (κ2) is 7.50. The molecule has 4 rings (SSSR count). The van der Waals surface area contributed by atoms with Crippen molar-refractivity contribution in [2.24, 2.45) is 0 Å². The lowest BCUT2D eigenvalue weighted by Gasteiger charge is -2.06. The predicted molar refractivity (Wildman–Crippen MR) is 102 cm³/mol. The van der Waals surface area contributed by atoms with Crippen LogP contribution in [0.2, 0.25) is 0 Å². The van der Waals surface area contributed by atoms with E-state index in [1.54, 1.807) is 13.4 Å². The van der Waals surface area contributed by atoms with E-state index in [0.29, 0.717) is 13.0 Å². The SMILES string of the molecule is COc1ccc2c(CC(=O)NCCc3nc4c(s3)CCCC4)coc2c1. The lowest BCUT2D eigenvalue weighted by molar-refractivity contribution is -0.120. The number of fused-ring (bicyclic) bond motifs is 2. The minimum absolute atomic E-state index is 0.00448. The maximum atomic E-state index is 12.3. The van der Waals surface area contributed by atoms with Crippen molar-refractivity contribution in [3.05, 3.63) is 45.6 Å². The molecule has 136 valence electrons. The van der Waals surface area contributed by atoms with Crippen molar-refractivity contribution in [2.45, 2.75) is 38.5 Å². The summed E-state index contributed by atoms with van der Waals surface area (Å²) in [7, 11) is 1.62. The number of furan rings is 1. The molecule has 1 N–H and O–H groups in total. The van der Waals surface area contributed by atoms with Crippen LogP contribution in [0.25, 0.3) is 11.0 Å². The van der Waals surface area contributed by atoms with Gasteiger partial charge in [0, 0.05) is 34.9 Å². The summed E-state index contributed by atoms with van der Waals surface area (Å²) in [6, 6.07) is 5.64. The van der Waals surface area contributed by atoms with E-state index in [1.807, 2.05) is 29.5 Å². The number of ether oxygens (including phenoxy) is 1. The highest BCUT2D eigenvalue weighted by Crippen LogP contribution is 2.27. The van der Waals surface area contributed by atoms with Gasteiger partial charge in [-0.15, -0.1) is 11.3 Å². The molecule has 6 heteroatoms. The molecule has 2 heterocycles. The van der Waals surface area contributed by atoms with Gasteiger partial charge in [0.1, 0.15) is 11.3 Å². The number of nitrogens with zero attached hydrogens (tertiary/aromatic N) is 1. The second-order valence-electron chi connectivity index (χ2n) is 6.58. The molecule has 2 aromatic heterocycles. The monoisotopic (exact) mass is 370 g/mol. The molecule has 0 unspecified atom stereocenters. The van der Waals surface area contributed by atoms with Crippen molar-refractivity contribution in [1.29, 1.82) is 0 Å². The molecule has 0 aliphatic heterocycles. The van der Waals surface area contributed by atoms with Crippen LogP contribution in [0.4, 0.5) is 0 Å². The number of aryl methyl sites for hydroxylation is 2. The van der Waals surface area contributed by atoms with Crippen LogP contribution in [0.1, 0.15) is 34.0 Å². The molecule has 1 aromatic carbocycles. The van der Waals surface area contributed by atoms with Gasteiger partial charge in [-0.1, -0.05) is 0 Å². The van der Waals surface area contributed by atoms with Gasteiger partial charge in [0.2, 0.25) is 5.91 Å². The van der Waals surface area contributed by atoms with E-state index < -0.39 is 0 Å². The van der Waals surface area contributed by atoms with Gasteiger partial charge in [0.25, 0.3) is 0 Å². The van der Waals surface area contributed by atoms with Gasteiger partial charge in [-0.05, 0) is 37.8 Å². The van der Waals surface area contributed by atoms with Crippen LogP contribution in [0, 0.1) is 0 Å². The largest absolute Gasteiger partial charge is 0.497 e. The molecule has 0 radical (unpaired) electrons. The third-order valence-corrected chi connectivity index (χ3v) is 5.98. The minimum Gasteiger partial charge on any atom is -0.497 e. The van der Waals surface area contributed by atoms with Gasteiger partial charge < -0.3 is 14.5 Å². The maximum Gasteiger partial charge on any atom is 0.224 e. The summed E-state index contributed by atoms with van der Waals surface area (Å²) >= 11 is 1.81. The number of rotatable bonds is 6. The summed E-state index contributed by atoms with van der Waals surface area (Å²) < 4.78 is 10.7. The Morgan fingerprint density at radius 2 is 2.23 bits per heavy atom. The lowest BCUT2D eigenvalue weighted by Crippen LogP contribution is -2.27. The Morgan fingerprint density at radius 3 is 3.08 bits per heavy atom. The third-order valence-electron chi connectivity index (χ3n) is 4.76. The Morgan fingerprint density at radius 1 is 1.35 bits per heavy atom. The Bertz CT molecular complexity index is 905. The molecule has 0 fully saturated rings. The fraction of sp³-hybridized carbons (Fsp3) is 0.400. The molecule has 3 aromatic rings. The van der Waals surface area contributed by atoms with Crippen molar-refractivity contribution in [3.8, 4) is 5.75 Å². The van der Waals surface area contributed by atoms with Crippen LogP contribution in [0.5, 0.6) is 5.75 Å². The van der Waals surface area contributed by atoms with E-state index in [9.17, 15) is 4.79 Å². The van der Waals surface area contributed by atoms with Gasteiger partial charge in [-0.3, -0.25) is 4.79 Å². The highest BCUT2D eigenvalue weighted by Gasteiger charge is 2.15. The molecule has 1 amide bonds. The number of methoxy groups -OCH3 is 1. The van der Waals surface area contributed by atoms with Crippen LogP contribution in [-0.2, 0) is 30.5 Å². The summed E-state index contributed by atoms with van der Waals surface area (Å²) in [5, 5.41) is 5.09. The number of carbonyl (C=O) groups is 1. The normalized spacial score (nSPS) is 13.6. The molecule has 1 aliphatic carbocycles. The van der Waals surface area contributed by atoms with Crippen LogP contribution >= 0.6 is 11.3 Å². The first kappa shape index (κ1) is 17.1. The van der Waals surface area contributed by atoms with Gasteiger partial charge >= 0.3 is 0 Å². The first-order chi connectivity index (χ1) is 12.7. The predicted octanol–water partition coefficient (Wildman–Crippen LogP) is 3.68. The number of thiazole rings is 1. The zero-order valence-corrected chi connectivity index (χ0v) is 15.7. The van der Waals surface area contributed by atoms with Gasteiger partial charge in [-0.25, -0.2) is 4.98 Å². The number of nitrogens with one attached hydrogen (secondary N) is 1. The number of carbonyl (C=O) groups excluding carboxylic acids is 1. The second-order valence-corrected chi connectivity index (χ2v) is 7.75. The topological polar surface area (TPSA) is 64.4 Å². The molecule has 0 spiro atoms. The summed E-state index contributed by atoms with van der Waals surface area (Å²) in [5.41, 5.74) is 2.91. The van der Waals surface area contributed by atoms with E-state index in [1.165, 1.54) is 23.4 Å². The average molecular weight is 370 g/mol. The maximum absolute atomic E-state index is 12.3. The van der Waals surface area contributed by atoms with Gasteiger partial charge in [0.05, 0.1) is 30.5 Å². The number of aromatic nitrogens is 1. The van der Waals surface area contributed by atoms with Crippen LogP contribution in [-0.4, -0.2) is 24.5 Å². The van der Waals surface area contributed by atoms with E-state index >= 15 is 0 Å². The van der Waals surface area contributed by atoms with Crippen LogP contribution in [0.15, 0.2) is 28.9 Å². The summed E-state index contributed by atoms with van der Waals surface area (Å²) in [4.78, 5) is 18.4. The fourth-order valence-corrected chi connectivity index (χ4v) is 4.54. The molecular weight excluding hydrogens is 348 g/mol. The number of amides is 1. The summed E-state index contributed by atoms with van der Waals surface area (Å²) in [6.45, 7) is 0.620. The van der Waals surface area contributed by atoms with E-state index in [2.05, 4.69) is 5.32 Å². The Hall–Kier alpha value is -2.34. The van der Waals surface area contributed by atoms with Crippen molar-refractivity contribution in [1.82, 2.24) is 10.3 Å². The first-order valence-corrected chi connectivity index (χ1v) is 9.83. The molecule has 0 saturated heterocycles. The molecule has 0 saturated carbocycles. The Balaban J connectivity index is 1.32. The van der Waals surface area contributed by atoms with Crippen LogP contribution < -0.4 is 10.1 Å². The molecular formula is C20H22N2O3S. The quantitative estimate of drug-likeness (QED) is 0.719. The summed E-state index contributed by atoms with van der Waals surface area (Å²) in [6.07, 6.45) is 7.56. The number of hydrogen-bond acceptors (Lipinski definition) is 5. The molecule has 5 nitrogen and oxygen atoms in total. The van der Waals surface area contributed by atoms with E-state index in [-0.39, 0.29) is 5.91 Å². The molecule has 0 atom stereocenters. The zero-order chi connectivity index (χ0) is 17.9. The average Bonchev–Trinajstić information content (AvgIpc) is 3.25. The van der Waals surface area contributed by atoms with Crippen molar-refractivity contribution in [2.75, 3.05) is 13.7 Å². The number of hydrogen-bond donors (Lipinski definition) is 1. The van der Waals surface area contributed by atoms with Gasteiger partial charge in [-0.2, -0.15) is 0 Å². The molecule has 0 bridgehead atoms. The summed E-state index contributed by atoms with van der Waals surface area (Å²) in [5.74, 6) is 0.749. The Kier molecular flexibility index (Phi) is 4.93. The van der Waals surface area contributed by atoms with Crippen molar-refractivity contribution < 1.29 is 13.9 Å². The molecule has 1 aliphatic rings. The van der Waals surface area contributed by atoms with E-state index in [0.717, 1.165) is 46.6 Å². The zero-order valence-electron chi connectivity index (χ0n) is 14.8. The number of benzene rings is 1. The first-order valence-electron chi connectivity index (χ1n) is 9.01. The Labute approximate surface area is 156 Å².